The van der Waals surface area contributed by atoms with Gasteiger partial charge >= 0.3 is 0 Å². The van der Waals surface area contributed by atoms with Gasteiger partial charge in [0.1, 0.15) is 12.4 Å². The van der Waals surface area contributed by atoms with Gasteiger partial charge in [-0.2, -0.15) is 0 Å². The zero-order chi connectivity index (χ0) is 13.9. The number of nitrogens with two attached hydrogens (primary N) is 1. The highest BCUT2D eigenvalue weighted by atomic mass is 19.3. The van der Waals surface area contributed by atoms with E-state index in [1.54, 1.807) is 24.3 Å². The zero-order valence-corrected chi connectivity index (χ0v) is 10.4. The van der Waals surface area contributed by atoms with Crippen molar-refractivity contribution in [2.24, 2.45) is 5.73 Å². The number of amides is 1. The number of carbonyl (C=O) groups is 1. The molecular formula is C13H16F2N2O2. The molecule has 104 valence electrons. The highest BCUT2D eigenvalue weighted by Crippen LogP contribution is 2.32. The van der Waals surface area contributed by atoms with E-state index in [1.807, 2.05) is 0 Å². The Hall–Kier alpha value is -1.69. The van der Waals surface area contributed by atoms with Crippen LogP contribution in [0.15, 0.2) is 24.3 Å². The lowest BCUT2D eigenvalue weighted by atomic mass is 10.2. The largest absolute Gasteiger partial charge is 0.488 e. The molecule has 0 aromatic heterocycles. The third kappa shape index (κ3) is 3.89. The van der Waals surface area contributed by atoms with Crippen molar-refractivity contribution in [3.63, 3.8) is 0 Å². The Morgan fingerprint density at radius 1 is 1.47 bits per heavy atom. The Kier molecular flexibility index (Phi) is 3.99. The molecule has 2 rings (SSSR count). The Labute approximate surface area is 109 Å². The van der Waals surface area contributed by atoms with Crippen molar-refractivity contribution in [2.75, 3.05) is 6.61 Å². The third-order valence-electron chi connectivity index (χ3n) is 2.97. The second-order valence-corrected chi connectivity index (χ2v) is 4.69. The summed E-state index contributed by atoms with van der Waals surface area (Å²) in [7, 11) is 0. The molecule has 1 aromatic carbocycles. The molecule has 0 radical (unpaired) electrons. The number of alkyl halides is 2. The first-order chi connectivity index (χ1) is 8.99. The fourth-order valence-electron chi connectivity index (χ4n) is 1.62. The second-order valence-electron chi connectivity index (χ2n) is 4.69. The van der Waals surface area contributed by atoms with Gasteiger partial charge in [-0.3, -0.25) is 4.79 Å². The molecule has 0 saturated heterocycles. The van der Waals surface area contributed by atoms with Crippen LogP contribution in [0.2, 0.25) is 0 Å². The van der Waals surface area contributed by atoms with Crippen LogP contribution >= 0.6 is 0 Å². The lowest BCUT2D eigenvalue weighted by Crippen LogP contribution is -2.42. The zero-order valence-electron chi connectivity index (χ0n) is 10.4. The maximum atomic E-state index is 12.0. The summed E-state index contributed by atoms with van der Waals surface area (Å²) in [6.07, 6.45) is -1.09. The predicted molar refractivity (Wildman–Crippen MR) is 65.9 cm³/mol. The minimum absolute atomic E-state index is 0.175. The van der Waals surface area contributed by atoms with Crippen LogP contribution in [0.5, 0.6) is 5.75 Å². The van der Waals surface area contributed by atoms with Gasteiger partial charge in [-0.15, -0.1) is 0 Å². The van der Waals surface area contributed by atoms with Crippen molar-refractivity contribution in [2.45, 2.75) is 31.4 Å². The molecule has 0 atom stereocenters. The molecule has 1 saturated carbocycles. The van der Waals surface area contributed by atoms with Gasteiger partial charge in [0.15, 0.2) is 0 Å². The highest BCUT2D eigenvalue weighted by Gasteiger charge is 2.45. The van der Waals surface area contributed by atoms with Gasteiger partial charge in [-0.05, 0) is 30.5 Å². The summed E-state index contributed by atoms with van der Waals surface area (Å²) in [6, 6.07) is 6.70. The maximum Gasteiger partial charge on any atom is 0.272 e. The van der Waals surface area contributed by atoms with E-state index < -0.39 is 18.6 Å². The number of hydrogen-bond donors (Lipinski definition) is 2. The van der Waals surface area contributed by atoms with Crippen LogP contribution in [-0.2, 0) is 11.3 Å². The molecule has 0 aliphatic heterocycles. The fourth-order valence-corrected chi connectivity index (χ4v) is 1.62. The number of carbonyl (C=O) groups excluding carboxylic acids is 1. The minimum atomic E-state index is -2.50. The highest BCUT2D eigenvalue weighted by molar-refractivity contribution is 5.88. The normalized spacial score (nSPS) is 16.2. The summed E-state index contributed by atoms with van der Waals surface area (Å²) in [4.78, 5) is 11.6. The third-order valence-corrected chi connectivity index (χ3v) is 2.97. The quantitative estimate of drug-likeness (QED) is 0.822. The SMILES string of the molecule is NC1(C(=O)NCc2cccc(OCC(F)F)c2)CC1. The topological polar surface area (TPSA) is 64.4 Å². The number of ether oxygens (including phenoxy) is 1. The predicted octanol–water partition coefficient (Wildman–Crippen LogP) is 1.44. The molecule has 0 spiro atoms. The van der Waals surface area contributed by atoms with Crippen LogP contribution in [0.3, 0.4) is 0 Å². The summed E-state index contributed by atoms with van der Waals surface area (Å²) in [5.41, 5.74) is 5.82. The monoisotopic (exact) mass is 270 g/mol. The minimum Gasteiger partial charge on any atom is -0.488 e. The lowest BCUT2D eigenvalue weighted by Gasteiger charge is -2.11. The maximum absolute atomic E-state index is 12.0. The van der Waals surface area contributed by atoms with E-state index in [0.29, 0.717) is 25.1 Å². The summed E-state index contributed by atoms with van der Waals surface area (Å²) in [5.74, 6) is 0.187. The van der Waals surface area contributed by atoms with E-state index in [1.165, 1.54) is 0 Å². The van der Waals surface area contributed by atoms with Crippen molar-refractivity contribution in [3.8, 4) is 5.75 Å². The Balaban J connectivity index is 1.86. The summed E-state index contributed by atoms with van der Waals surface area (Å²) in [6.45, 7) is -0.328. The number of hydrogen-bond acceptors (Lipinski definition) is 3. The van der Waals surface area contributed by atoms with E-state index in [0.717, 1.165) is 5.56 Å². The molecule has 1 aromatic rings. The van der Waals surface area contributed by atoms with Gasteiger partial charge < -0.3 is 15.8 Å². The van der Waals surface area contributed by atoms with Gasteiger partial charge in [0.05, 0.1) is 5.54 Å². The number of rotatable bonds is 6. The van der Waals surface area contributed by atoms with Gasteiger partial charge in [-0.25, -0.2) is 8.78 Å². The van der Waals surface area contributed by atoms with E-state index in [-0.39, 0.29) is 5.91 Å². The molecule has 1 aliphatic rings. The Morgan fingerprint density at radius 3 is 2.84 bits per heavy atom. The molecule has 1 aliphatic carbocycles. The first kappa shape index (κ1) is 13.7. The van der Waals surface area contributed by atoms with Gasteiger partial charge in [-0.1, -0.05) is 12.1 Å². The average molecular weight is 270 g/mol. The molecule has 0 bridgehead atoms. The number of nitrogens with one attached hydrogen (secondary N) is 1. The van der Waals surface area contributed by atoms with E-state index in [2.05, 4.69) is 5.32 Å². The first-order valence-electron chi connectivity index (χ1n) is 6.07. The molecular weight excluding hydrogens is 254 g/mol. The van der Waals surface area contributed by atoms with Crippen LogP contribution in [0, 0.1) is 0 Å². The van der Waals surface area contributed by atoms with Gasteiger partial charge in [0.2, 0.25) is 5.91 Å². The number of benzene rings is 1. The molecule has 1 amide bonds. The van der Waals surface area contributed by atoms with Crippen LogP contribution < -0.4 is 15.8 Å². The van der Waals surface area contributed by atoms with E-state index in [4.69, 9.17) is 10.5 Å². The second kappa shape index (κ2) is 5.52. The van der Waals surface area contributed by atoms with Crippen LogP contribution in [0.4, 0.5) is 8.78 Å². The molecule has 4 nitrogen and oxygen atoms in total. The van der Waals surface area contributed by atoms with Crippen molar-refractivity contribution >= 4 is 5.91 Å². The Bertz CT molecular complexity index is 462. The summed E-state index contributed by atoms with van der Waals surface area (Å²) < 4.78 is 28.9. The van der Waals surface area contributed by atoms with Crippen LogP contribution in [0.1, 0.15) is 18.4 Å². The summed E-state index contributed by atoms with van der Waals surface area (Å²) in [5, 5.41) is 2.73. The molecule has 6 heteroatoms. The van der Waals surface area contributed by atoms with Gasteiger partial charge in [0.25, 0.3) is 6.43 Å². The number of halogens is 2. The van der Waals surface area contributed by atoms with Crippen molar-refractivity contribution < 1.29 is 18.3 Å². The molecule has 3 N–H and O–H groups in total. The van der Waals surface area contributed by atoms with Crippen molar-refractivity contribution in [1.29, 1.82) is 0 Å². The van der Waals surface area contributed by atoms with Crippen molar-refractivity contribution in [1.82, 2.24) is 5.32 Å². The smallest absolute Gasteiger partial charge is 0.272 e. The van der Waals surface area contributed by atoms with Crippen molar-refractivity contribution in [3.05, 3.63) is 29.8 Å². The molecule has 19 heavy (non-hydrogen) atoms. The first-order valence-corrected chi connectivity index (χ1v) is 6.07. The molecule has 1 fully saturated rings. The lowest BCUT2D eigenvalue weighted by molar-refractivity contribution is -0.123. The van der Waals surface area contributed by atoms with Crippen LogP contribution in [-0.4, -0.2) is 24.5 Å². The van der Waals surface area contributed by atoms with Crippen LogP contribution in [0.25, 0.3) is 0 Å². The van der Waals surface area contributed by atoms with E-state index >= 15 is 0 Å². The summed E-state index contributed by atoms with van der Waals surface area (Å²) >= 11 is 0. The fraction of sp³-hybridized carbons (Fsp3) is 0.462. The molecule has 0 heterocycles. The van der Waals surface area contributed by atoms with E-state index in [9.17, 15) is 13.6 Å². The standard InChI is InChI=1S/C13H16F2N2O2/c14-11(15)8-19-10-3-1-2-9(6-10)7-17-12(18)13(16)4-5-13/h1-3,6,11H,4-5,7-8,16H2,(H,17,18). The average Bonchev–Trinajstić information content (AvgIpc) is 3.13. The Morgan fingerprint density at radius 2 is 2.21 bits per heavy atom. The molecule has 0 unspecified atom stereocenters. The van der Waals surface area contributed by atoms with Gasteiger partial charge in [0, 0.05) is 6.54 Å².